The lowest BCUT2D eigenvalue weighted by Crippen LogP contribution is -1.94. The average molecular weight is 210 g/mol. The summed E-state index contributed by atoms with van der Waals surface area (Å²) in [5, 5.41) is 9.23. The molecule has 0 aromatic heterocycles. The minimum absolute atomic E-state index is 0.330. The molecule has 1 aromatic carbocycles. The van der Waals surface area contributed by atoms with E-state index in [2.05, 4.69) is 6.07 Å². The summed E-state index contributed by atoms with van der Waals surface area (Å²) in [5.41, 5.74) is 1.99. The van der Waals surface area contributed by atoms with Gasteiger partial charge in [-0.3, -0.25) is 0 Å². The topological polar surface area (TPSA) is 33.0 Å². The van der Waals surface area contributed by atoms with Gasteiger partial charge in [0.05, 0.1) is 24.6 Å². The lowest BCUT2D eigenvalue weighted by molar-refractivity contribution is 0.411. The number of ether oxygens (including phenoxy) is 1. The second-order valence-corrected chi connectivity index (χ2v) is 3.37. The number of nitrogens with zero attached hydrogens (tertiary/aromatic N) is 1. The van der Waals surface area contributed by atoms with Gasteiger partial charge in [-0.2, -0.15) is 5.26 Å². The van der Waals surface area contributed by atoms with Crippen molar-refractivity contribution in [3.63, 3.8) is 0 Å². The summed E-state index contributed by atoms with van der Waals surface area (Å²) in [6.45, 7) is 2.05. The summed E-state index contributed by atoms with van der Waals surface area (Å²) in [6.07, 6.45) is 1.23. The van der Waals surface area contributed by atoms with E-state index in [9.17, 15) is 0 Å². The van der Waals surface area contributed by atoms with Crippen molar-refractivity contribution in [2.24, 2.45) is 0 Å². The molecule has 0 radical (unpaired) electrons. The van der Waals surface area contributed by atoms with E-state index < -0.39 is 0 Å². The summed E-state index contributed by atoms with van der Waals surface area (Å²) < 4.78 is 5.15. The highest BCUT2D eigenvalue weighted by Gasteiger charge is 2.08. The predicted octanol–water partition coefficient (Wildman–Crippen LogP) is 2.98. The average Bonchev–Trinajstić information content (AvgIpc) is 2.18. The maximum Gasteiger partial charge on any atom is 0.141 e. The van der Waals surface area contributed by atoms with Crippen molar-refractivity contribution in [1.82, 2.24) is 0 Å². The van der Waals surface area contributed by atoms with Crippen LogP contribution in [0.15, 0.2) is 12.1 Å². The van der Waals surface area contributed by atoms with Gasteiger partial charge in [-0.05, 0) is 18.1 Å². The highest BCUT2D eigenvalue weighted by atomic mass is 35.5. The van der Waals surface area contributed by atoms with Gasteiger partial charge < -0.3 is 4.74 Å². The smallest absolute Gasteiger partial charge is 0.141 e. The third-order valence-corrected chi connectivity index (χ3v) is 2.34. The molecule has 0 fully saturated rings. The van der Waals surface area contributed by atoms with Gasteiger partial charge >= 0.3 is 0 Å². The molecule has 2 nitrogen and oxygen atoms in total. The Morgan fingerprint density at radius 1 is 1.50 bits per heavy atom. The molecular formula is C11H12ClNO. The maximum absolute atomic E-state index is 8.65. The molecule has 0 aliphatic heterocycles. The first-order valence-electron chi connectivity index (χ1n) is 4.45. The fourth-order valence-electron chi connectivity index (χ4n) is 1.36. The molecule has 0 unspecified atom stereocenters. The zero-order chi connectivity index (χ0) is 10.6. The summed E-state index contributed by atoms with van der Waals surface area (Å²) >= 11 is 6.01. The molecule has 0 saturated carbocycles. The Kier molecular flexibility index (Phi) is 3.79. The highest BCUT2D eigenvalue weighted by Crippen LogP contribution is 2.30. The Morgan fingerprint density at radius 2 is 2.21 bits per heavy atom. The Hall–Kier alpha value is -1.20. The summed E-state index contributed by atoms with van der Waals surface area (Å²) in [4.78, 5) is 0. The molecule has 0 spiro atoms. The number of hydrogen-bond donors (Lipinski definition) is 0. The zero-order valence-corrected chi connectivity index (χ0v) is 9.06. The molecule has 0 aliphatic carbocycles. The molecule has 74 valence electrons. The lowest BCUT2D eigenvalue weighted by Gasteiger charge is -2.09. The molecule has 0 amide bonds. The predicted molar refractivity (Wildman–Crippen MR) is 56.7 cm³/mol. The molecule has 0 heterocycles. The number of hydrogen-bond acceptors (Lipinski definition) is 2. The first-order chi connectivity index (χ1) is 6.72. The maximum atomic E-state index is 8.65. The normalized spacial score (nSPS) is 9.57. The monoisotopic (exact) mass is 209 g/mol. The third kappa shape index (κ3) is 2.18. The van der Waals surface area contributed by atoms with Crippen molar-refractivity contribution >= 4 is 11.6 Å². The molecule has 0 N–H and O–H groups in total. The van der Waals surface area contributed by atoms with Crippen LogP contribution in [0.2, 0.25) is 5.02 Å². The summed E-state index contributed by atoms with van der Waals surface area (Å²) in [5.74, 6) is 0.616. The van der Waals surface area contributed by atoms with Crippen LogP contribution < -0.4 is 4.74 Å². The Balaban J connectivity index is 3.22. The van der Waals surface area contributed by atoms with Crippen molar-refractivity contribution in [2.45, 2.75) is 19.8 Å². The molecule has 1 rings (SSSR count). The Labute approximate surface area is 89.1 Å². The Bertz CT molecular complexity index is 368. The molecule has 14 heavy (non-hydrogen) atoms. The standard InChI is InChI=1S/C11H12ClNO/c1-3-8-6-9(4-5-13)11(14-2)10(12)7-8/h6-7H,3-4H2,1-2H3. The number of benzene rings is 1. The van der Waals surface area contributed by atoms with Crippen molar-refractivity contribution in [3.8, 4) is 11.8 Å². The molecule has 1 aromatic rings. The van der Waals surface area contributed by atoms with Gasteiger partial charge in [-0.1, -0.05) is 24.6 Å². The van der Waals surface area contributed by atoms with Gasteiger partial charge in [-0.15, -0.1) is 0 Å². The van der Waals surface area contributed by atoms with E-state index in [4.69, 9.17) is 21.6 Å². The second-order valence-electron chi connectivity index (χ2n) is 2.96. The van der Waals surface area contributed by atoms with Gasteiger partial charge in [0.2, 0.25) is 0 Å². The summed E-state index contributed by atoms with van der Waals surface area (Å²) in [7, 11) is 1.56. The molecule has 3 heteroatoms. The molecule has 0 saturated heterocycles. The van der Waals surface area contributed by atoms with Crippen molar-refractivity contribution in [2.75, 3.05) is 7.11 Å². The van der Waals surface area contributed by atoms with E-state index in [1.807, 2.05) is 19.1 Å². The van der Waals surface area contributed by atoms with E-state index >= 15 is 0 Å². The highest BCUT2D eigenvalue weighted by molar-refractivity contribution is 6.32. The first-order valence-corrected chi connectivity index (χ1v) is 4.83. The van der Waals surface area contributed by atoms with Crippen molar-refractivity contribution < 1.29 is 4.74 Å². The van der Waals surface area contributed by atoms with Gasteiger partial charge in [0, 0.05) is 5.56 Å². The first kappa shape index (κ1) is 10.9. The van der Waals surface area contributed by atoms with Gasteiger partial charge in [-0.25, -0.2) is 0 Å². The molecule has 0 aliphatic rings. The minimum Gasteiger partial charge on any atom is -0.495 e. The van der Waals surface area contributed by atoms with E-state index in [-0.39, 0.29) is 0 Å². The summed E-state index contributed by atoms with van der Waals surface area (Å²) in [6, 6.07) is 5.94. The quantitative estimate of drug-likeness (QED) is 0.767. The fraction of sp³-hybridized carbons (Fsp3) is 0.364. The van der Waals surface area contributed by atoms with Crippen LogP contribution in [-0.2, 0) is 12.8 Å². The van der Waals surface area contributed by atoms with Crippen LogP contribution in [0.4, 0.5) is 0 Å². The van der Waals surface area contributed by atoms with E-state index in [1.165, 1.54) is 0 Å². The second kappa shape index (κ2) is 4.88. The van der Waals surface area contributed by atoms with E-state index in [0.29, 0.717) is 17.2 Å². The van der Waals surface area contributed by atoms with Crippen LogP contribution in [0.25, 0.3) is 0 Å². The number of nitriles is 1. The zero-order valence-electron chi connectivity index (χ0n) is 8.30. The van der Waals surface area contributed by atoms with Crippen molar-refractivity contribution in [3.05, 3.63) is 28.3 Å². The number of halogens is 1. The minimum atomic E-state index is 0.330. The molecule has 0 atom stereocenters. The van der Waals surface area contributed by atoms with Crippen LogP contribution >= 0.6 is 11.6 Å². The van der Waals surface area contributed by atoms with Crippen molar-refractivity contribution in [1.29, 1.82) is 5.26 Å². The van der Waals surface area contributed by atoms with Gasteiger partial charge in [0.15, 0.2) is 0 Å². The third-order valence-electron chi connectivity index (χ3n) is 2.06. The largest absolute Gasteiger partial charge is 0.495 e. The van der Waals surface area contributed by atoms with Crippen LogP contribution in [-0.4, -0.2) is 7.11 Å². The molecule has 0 bridgehead atoms. The number of aryl methyl sites for hydroxylation is 1. The van der Waals surface area contributed by atoms with Gasteiger partial charge in [0.25, 0.3) is 0 Å². The number of rotatable bonds is 3. The lowest BCUT2D eigenvalue weighted by atomic mass is 10.1. The molecular weight excluding hydrogens is 198 g/mol. The number of methoxy groups -OCH3 is 1. The van der Waals surface area contributed by atoms with E-state index in [0.717, 1.165) is 17.5 Å². The van der Waals surface area contributed by atoms with Crippen LogP contribution in [0, 0.1) is 11.3 Å². The van der Waals surface area contributed by atoms with Gasteiger partial charge in [0.1, 0.15) is 5.75 Å². The van der Waals surface area contributed by atoms with Crippen LogP contribution in [0.3, 0.4) is 0 Å². The fourth-order valence-corrected chi connectivity index (χ4v) is 1.70. The van der Waals surface area contributed by atoms with Crippen LogP contribution in [0.1, 0.15) is 18.1 Å². The Morgan fingerprint density at radius 3 is 2.71 bits per heavy atom. The SMILES string of the molecule is CCc1cc(Cl)c(OC)c(CC#N)c1. The van der Waals surface area contributed by atoms with Crippen LogP contribution in [0.5, 0.6) is 5.75 Å². The van der Waals surface area contributed by atoms with E-state index in [1.54, 1.807) is 7.11 Å².